The topological polar surface area (TPSA) is 84.3 Å². The summed E-state index contributed by atoms with van der Waals surface area (Å²) in [6.45, 7) is 1.40. The number of hydrogen-bond acceptors (Lipinski definition) is 4. The number of amides is 1. The molecule has 0 aromatic heterocycles. The molecule has 3 rings (SSSR count). The van der Waals surface area contributed by atoms with Gasteiger partial charge < -0.3 is 10.6 Å². The van der Waals surface area contributed by atoms with Gasteiger partial charge in [-0.1, -0.05) is 36.4 Å². The molecule has 2 N–H and O–H groups in total. The number of halogens is 1. The Kier molecular flexibility index (Phi) is 6.50. The number of nitro benzene ring substituents is 1. The van der Waals surface area contributed by atoms with Gasteiger partial charge in [0.2, 0.25) is 5.91 Å². The van der Waals surface area contributed by atoms with Gasteiger partial charge in [-0.15, -0.1) is 12.4 Å². The Balaban J connectivity index is 0.00000225. The van der Waals surface area contributed by atoms with Gasteiger partial charge in [0.25, 0.3) is 5.69 Å². The van der Waals surface area contributed by atoms with Crippen LogP contribution >= 0.6 is 12.4 Å². The number of hydrogen-bond donors (Lipinski definition) is 2. The number of fused-ring (bicyclic) bond motifs is 1. The van der Waals surface area contributed by atoms with E-state index < -0.39 is 4.92 Å². The number of rotatable bonds is 5. The molecular formula is C18H20ClN3O3. The zero-order valence-electron chi connectivity index (χ0n) is 13.6. The van der Waals surface area contributed by atoms with E-state index in [0.717, 1.165) is 13.0 Å². The zero-order valence-corrected chi connectivity index (χ0v) is 14.4. The minimum Gasteiger partial charge on any atom is -0.354 e. The van der Waals surface area contributed by atoms with Crippen LogP contribution in [0.2, 0.25) is 0 Å². The van der Waals surface area contributed by atoms with E-state index >= 15 is 0 Å². The monoisotopic (exact) mass is 361 g/mol. The third kappa shape index (κ3) is 4.78. The lowest BCUT2D eigenvalue weighted by Crippen LogP contribution is -2.39. The Hall–Kier alpha value is -2.44. The van der Waals surface area contributed by atoms with E-state index in [1.807, 2.05) is 12.1 Å². The zero-order chi connectivity index (χ0) is 16.9. The molecule has 1 amide bonds. The van der Waals surface area contributed by atoms with E-state index in [1.54, 1.807) is 12.1 Å². The van der Waals surface area contributed by atoms with Gasteiger partial charge in [-0.25, -0.2) is 0 Å². The van der Waals surface area contributed by atoms with Crippen molar-refractivity contribution in [3.05, 3.63) is 75.3 Å². The summed E-state index contributed by atoms with van der Waals surface area (Å²) in [4.78, 5) is 22.5. The normalized spacial score (nSPS) is 15.6. The molecule has 0 saturated heterocycles. The molecule has 0 fully saturated rings. The van der Waals surface area contributed by atoms with Gasteiger partial charge in [0.1, 0.15) is 0 Å². The Labute approximate surface area is 152 Å². The number of nitrogens with one attached hydrogen (secondary N) is 2. The number of carbonyl (C=O) groups is 1. The average molecular weight is 362 g/mol. The molecule has 132 valence electrons. The highest BCUT2D eigenvalue weighted by atomic mass is 35.5. The van der Waals surface area contributed by atoms with E-state index in [4.69, 9.17) is 0 Å². The number of non-ortho nitro benzene ring substituents is 1. The van der Waals surface area contributed by atoms with Gasteiger partial charge in [0.15, 0.2) is 0 Å². The van der Waals surface area contributed by atoms with Crippen molar-refractivity contribution in [2.24, 2.45) is 0 Å². The van der Waals surface area contributed by atoms with Crippen molar-refractivity contribution in [3.63, 3.8) is 0 Å². The summed E-state index contributed by atoms with van der Waals surface area (Å²) >= 11 is 0. The molecule has 0 aliphatic carbocycles. The molecule has 1 aliphatic heterocycles. The van der Waals surface area contributed by atoms with Crippen LogP contribution in [0.25, 0.3) is 0 Å². The van der Waals surface area contributed by atoms with Crippen LogP contribution in [0.5, 0.6) is 0 Å². The number of nitrogens with zero attached hydrogens (tertiary/aromatic N) is 1. The minimum absolute atomic E-state index is 0. The Bertz CT molecular complexity index is 767. The molecule has 1 heterocycles. The lowest BCUT2D eigenvalue weighted by Gasteiger charge is -2.27. The first-order valence-corrected chi connectivity index (χ1v) is 7.94. The minimum atomic E-state index is -0.454. The summed E-state index contributed by atoms with van der Waals surface area (Å²) in [5, 5.41) is 17.1. The molecular weight excluding hydrogens is 342 g/mol. The van der Waals surface area contributed by atoms with Crippen LogP contribution < -0.4 is 10.6 Å². The Morgan fingerprint density at radius 1 is 1.24 bits per heavy atom. The number of nitro groups is 1. The van der Waals surface area contributed by atoms with E-state index in [1.165, 1.54) is 23.3 Å². The highest BCUT2D eigenvalue weighted by Gasteiger charge is 2.19. The van der Waals surface area contributed by atoms with Crippen molar-refractivity contribution in [2.45, 2.75) is 18.9 Å². The summed E-state index contributed by atoms with van der Waals surface area (Å²) in [6, 6.07) is 14.5. The molecule has 6 nitrogen and oxygen atoms in total. The maximum atomic E-state index is 12.1. The summed E-state index contributed by atoms with van der Waals surface area (Å²) in [6.07, 6.45) is 1.13. The first kappa shape index (κ1) is 18.9. The molecule has 1 atom stereocenters. The second kappa shape index (κ2) is 8.60. The summed E-state index contributed by atoms with van der Waals surface area (Å²) < 4.78 is 0. The molecule has 7 heteroatoms. The summed E-state index contributed by atoms with van der Waals surface area (Å²) in [5.74, 6) is -0.139. The van der Waals surface area contributed by atoms with Crippen molar-refractivity contribution in [2.75, 3.05) is 13.1 Å². The molecule has 2 aromatic rings. The fraction of sp³-hybridized carbons (Fsp3) is 0.278. The van der Waals surface area contributed by atoms with Gasteiger partial charge in [-0.3, -0.25) is 14.9 Å². The van der Waals surface area contributed by atoms with Crippen LogP contribution in [-0.4, -0.2) is 23.9 Å². The average Bonchev–Trinajstić information content (AvgIpc) is 2.60. The highest BCUT2D eigenvalue weighted by Crippen LogP contribution is 2.22. The number of carbonyl (C=O) groups excluding carboxylic acids is 1. The Morgan fingerprint density at radius 2 is 2.04 bits per heavy atom. The molecule has 0 radical (unpaired) electrons. The molecule has 0 saturated carbocycles. The molecule has 1 unspecified atom stereocenters. The predicted molar refractivity (Wildman–Crippen MR) is 97.9 cm³/mol. The van der Waals surface area contributed by atoms with Gasteiger partial charge in [0, 0.05) is 24.7 Å². The molecule has 0 bridgehead atoms. The van der Waals surface area contributed by atoms with Gasteiger partial charge >= 0.3 is 0 Å². The van der Waals surface area contributed by atoms with Gasteiger partial charge in [-0.2, -0.15) is 0 Å². The van der Waals surface area contributed by atoms with Crippen LogP contribution in [0.15, 0.2) is 48.5 Å². The molecule has 0 spiro atoms. The van der Waals surface area contributed by atoms with Crippen LogP contribution in [0.3, 0.4) is 0 Å². The second-order valence-corrected chi connectivity index (χ2v) is 5.86. The fourth-order valence-electron chi connectivity index (χ4n) is 3.02. The summed E-state index contributed by atoms with van der Waals surface area (Å²) in [7, 11) is 0. The quantitative estimate of drug-likeness (QED) is 0.633. The smallest absolute Gasteiger partial charge is 0.269 e. The fourth-order valence-corrected chi connectivity index (χ4v) is 3.02. The van der Waals surface area contributed by atoms with E-state index in [2.05, 4.69) is 22.8 Å². The van der Waals surface area contributed by atoms with Crippen molar-refractivity contribution >= 4 is 24.0 Å². The van der Waals surface area contributed by atoms with Gasteiger partial charge in [0.05, 0.1) is 11.3 Å². The third-order valence-electron chi connectivity index (χ3n) is 4.21. The van der Waals surface area contributed by atoms with Crippen molar-refractivity contribution in [3.8, 4) is 0 Å². The third-order valence-corrected chi connectivity index (χ3v) is 4.21. The summed E-state index contributed by atoms with van der Waals surface area (Å²) in [5.41, 5.74) is 3.18. The van der Waals surface area contributed by atoms with Gasteiger partial charge in [-0.05, 0) is 29.7 Å². The Morgan fingerprint density at radius 3 is 2.84 bits per heavy atom. The van der Waals surface area contributed by atoms with Crippen molar-refractivity contribution in [1.82, 2.24) is 10.6 Å². The SMILES string of the molecule is Cl.O=C(Cc1cccc([N+](=O)[O-])c1)NCC1NCCc2ccccc21. The molecule has 25 heavy (non-hydrogen) atoms. The predicted octanol–water partition coefficient (Wildman–Crippen LogP) is 2.56. The first-order valence-electron chi connectivity index (χ1n) is 7.94. The maximum Gasteiger partial charge on any atom is 0.269 e. The first-order chi connectivity index (χ1) is 11.6. The molecule has 1 aliphatic rings. The largest absolute Gasteiger partial charge is 0.354 e. The van der Waals surface area contributed by atoms with Crippen LogP contribution in [0, 0.1) is 10.1 Å². The van der Waals surface area contributed by atoms with Crippen LogP contribution in [-0.2, 0) is 17.6 Å². The number of benzene rings is 2. The van der Waals surface area contributed by atoms with Crippen LogP contribution in [0.1, 0.15) is 22.7 Å². The lowest BCUT2D eigenvalue weighted by atomic mass is 9.94. The van der Waals surface area contributed by atoms with E-state index in [-0.39, 0.29) is 36.5 Å². The highest BCUT2D eigenvalue weighted by molar-refractivity contribution is 5.85. The standard InChI is InChI=1S/C18H19N3O3.ClH/c22-18(11-13-4-3-6-15(10-13)21(23)24)20-12-17-16-7-2-1-5-14(16)8-9-19-17;/h1-7,10,17,19H,8-9,11-12H2,(H,20,22);1H. The van der Waals surface area contributed by atoms with E-state index in [0.29, 0.717) is 12.1 Å². The van der Waals surface area contributed by atoms with Crippen LogP contribution in [0.4, 0.5) is 5.69 Å². The second-order valence-electron chi connectivity index (χ2n) is 5.86. The van der Waals surface area contributed by atoms with E-state index in [9.17, 15) is 14.9 Å². The van der Waals surface area contributed by atoms with Crippen molar-refractivity contribution in [1.29, 1.82) is 0 Å². The maximum absolute atomic E-state index is 12.1. The lowest BCUT2D eigenvalue weighted by molar-refractivity contribution is -0.384. The molecule has 2 aromatic carbocycles. The van der Waals surface area contributed by atoms with Crippen molar-refractivity contribution < 1.29 is 9.72 Å².